The molecule has 5 N–H and O–H groups in total. The van der Waals surface area contributed by atoms with Crippen molar-refractivity contribution in [2.75, 3.05) is 39.3 Å². The first-order valence-electron chi connectivity index (χ1n) is 24.3. The minimum atomic E-state index is -1.28. The molecule has 17 nitrogen and oxygen atoms in total. The van der Waals surface area contributed by atoms with Gasteiger partial charge in [-0.1, -0.05) is 81.4 Å². The lowest BCUT2D eigenvalue weighted by Crippen LogP contribution is -2.54. The number of rotatable bonds is 15. The summed E-state index contributed by atoms with van der Waals surface area (Å²) in [6, 6.07) is 24.0. The van der Waals surface area contributed by atoms with E-state index < -0.39 is 36.5 Å². The van der Waals surface area contributed by atoms with Crippen LogP contribution in [-0.4, -0.2) is 118 Å². The fourth-order valence-electron chi connectivity index (χ4n) is 10.4. The molecule has 372 valence electrons. The normalized spacial score (nSPS) is 21.1. The Kier molecular flexibility index (Phi) is 15.0. The Morgan fingerprint density at radius 1 is 0.643 bits per heavy atom. The number of aromatic nitrogens is 4. The Hall–Kier alpha value is -6.72. The highest BCUT2D eigenvalue weighted by molar-refractivity contribution is 5.87. The number of carbonyl (C=O) groups is 4. The van der Waals surface area contributed by atoms with E-state index in [-0.39, 0.29) is 41.4 Å². The van der Waals surface area contributed by atoms with Gasteiger partial charge in [-0.2, -0.15) is 0 Å². The van der Waals surface area contributed by atoms with E-state index in [1.807, 2.05) is 6.20 Å². The van der Waals surface area contributed by atoms with Crippen LogP contribution in [0.2, 0.25) is 0 Å². The Morgan fingerprint density at radius 3 is 1.49 bits per heavy atom. The summed E-state index contributed by atoms with van der Waals surface area (Å²) in [5, 5.41) is 14.4. The van der Waals surface area contributed by atoms with Gasteiger partial charge in [0.05, 0.1) is 67.3 Å². The second-order valence-corrected chi connectivity index (χ2v) is 19.7. The highest BCUT2D eigenvalue weighted by atomic mass is 16.5. The molecule has 3 fully saturated rings. The van der Waals surface area contributed by atoms with Crippen molar-refractivity contribution in [2.45, 2.75) is 127 Å². The van der Waals surface area contributed by atoms with Crippen LogP contribution < -0.4 is 15.5 Å². The fourth-order valence-corrected chi connectivity index (χ4v) is 10.4. The summed E-state index contributed by atoms with van der Waals surface area (Å²) in [7, 11) is 4.23. The molecule has 3 saturated heterocycles. The van der Waals surface area contributed by atoms with E-state index in [1.165, 1.54) is 38.0 Å². The molecule has 5 aromatic rings. The van der Waals surface area contributed by atoms with E-state index in [2.05, 4.69) is 119 Å². The van der Waals surface area contributed by atoms with Crippen molar-refractivity contribution in [2.24, 2.45) is 0 Å². The number of amides is 4. The zero-order valence-corrected chi connectivity index (χ0v) is 41.4. The third-order valence-corrected chi connectivity index (χ3v) is 14.5. The van der Waals surface area contributed by atoms with Crippen LogP contribution in [0.25, 0.3) is 22.5 Å². The third-order valence-electron chi connectivity index (χ3n) is 14.5. The quantitative estimate of drug-likeness (QED) is 0.0671. The van der Waals surface area contributed by atoms with Gasteiger partial charge in [0, 0.05) is 33.0 Å². The van der Waals surface area contributed by atoms with Gasteiger partial charge in [-0.05, 0) is 97.7 Å². The molecule has 0 spiro atoms. The first-order chi connectivity index (χ1) is 33.6. The summed E-state index contributed by atoms with van der Waals surface area (Å²) in [6.07, 6.45) is 5.36. The standard InChI is InChI=1S/C53H67N9O8/c1-31(68-6)45(58-51(65)66)49(63)60-27-9-11-43(60)47-54-29-39(56-47)33-13-17-35(18-14-33)41-25-26-42(62(41)38-23-21-37(22-24-38)53(3,4)5)36-19-15-34(16-20-36)40-30-55-48(57-40)44-12-10-28-61(44)50(64)46(32(2)69-7)59-52(67)70-8/h13-24,29-32,41-46,58H,9-12,25-28H2,1-8H3,(H,54,56)(H,55,57)(H,59,67)(H,65,66)/t31-,32?,41+,42+,43-,44-,45-,46+/m0/s1. The summed E-state index contributed by atoms with van der Waals surface area (Å²) < 4.78 is 15.6. The summed E-state index contributed by atoms with van der Waals surface area (Å²) in [5.41, 5.74) is 8.49. The molecule has 17 heteroatoms. The Morgan fingerprint density at radius 2 is 1.09 bits per heavy atom. The molecule has 2 aromatic heterocycles. The summed E-state index contributed by atoms with van der Waals surface area (Å²) in [5.74, 6) is 0.778. The molecule has 3 aliphatic heterocycles. The van der Waals surface area contributed by atoms with Crippen LogP contribution in [0.1, 0.15) is 126 Å². The van der Waals surface area contributed by atoms with Crippen molar-refractivity contribution in [3.63, 3.8) is 0 Å². The lowest BCUT2D eigenvalue weighted by atomic mass is 9.87. The van der Waals surface area contributed by atoms with Gasteiger partial charge in [-0.3, -0.25) is 9.59 Å². The molecule has 8 atom stereocenters. The van der Waals surface area contributed by atoms with Gasteiger partial charge in [0.15, 0.2) is 0 Å². The van der Waals surface area contributed by atoms with E-state index in [4.69, 9.17) is 24.2 Å². The van der Waals surface area contributed by atoms with Crippen molar-refractivity contribution in [3.05, 3.63) is 114 Å². The molecule has 0 saturated carbocycles. The van der Waals surface area contributed by atoms with Gasteiger partial charge in [0.25, 0.3) is 0 Å². The van der Waals surface area contributed by atoms with E-state index in [0.29, 0.717) is 31.2 Å². The van der Waals surface area contributed by atoms with Crippen molar-refractivity contribution in [1.82, 2.24) is 40.4 Å². The van der Waals surface area contributed by atoms with E-state index in [1.54, 1.807) is 29.8 Å². The monoisotopic (exact) mass is 958 g/mol. The average molecular weight is 958 g/mol. The van der Waals surface area contributed by atoms with Crippen molar-refractivity contribution < 1.29 is 38.5 Å². The van der Waals surface area contributed by atoms with Crippen LogP contribution in [0, 0.1) is 0 Å². The number of nitrogens with one attached hydrogen (secondary N) is 4. The second-order valence-electron chi connectivity index (χ2n) is 19.7. The number of aromatic amines is 2. The van der Waals surface area contributed by atoms with E-state index in [9.17, 15) is 24.3 Å². The first kappa shape index (κ1) is 49.7. The Balaban J connectivity index is 1.00. The largest absolute Gasteiger partial charge is 0.465 e. The number of hydrogen-bond donors (Lipinski definition) is 5. The fraction of sp³-hybridized carbons (Fsp3) is 0.472. The maximum atomic E-state index is 13.8. The van der Waals surface area contributed by atoms with Gasteiger partial charge in [-0.25, -0.2) is 19.6 Å². The number of benzene rings is 3. The van der Waals surface area contributed by atoms with Gasteiger partial charge in [-0.15, -0.1) is 0 Å². The molecule has 1 unspecified atom stereocenters. The first-order valence-corrected chi connectivity index (χ1v) is 24.3. The molecule has 5 heterocycles. The molecule has 3 aromatic carbocycles. The molecule has 0 aliphatic carbocycles. The topological polar surface area (TPSA) is 207 Å². The maximum Gasteiger partial charge on any atom is 0.407 e. The number of likely N-dealkylation sites (tertiary alicyclic amines) is 2. The summed E-state index contributed by atoms with van der Waals surface area (Å²) in [6.45, 7) is 11.1. The molecule has 70 heavy (non-hydrogen) atoms. The van der Waals surface area contributed by atoms with Gasteiger partial charge in [0.2, 0.25) is 11.8 Å². The van der Waals surface area contributed by atoms with E-state index in [0.717, 1.165) is 60.3 Å². The zero-order chi connectivity index (χ0) is 49.9. The summed E-state index contributed by atoms with van der Waals surface area (Å²) in [4.78, 5) is 73.7. The Labute approximate surface area is 409 Å². The molecule has 3 aliphatic rings. The highest BCUT2D eigenvalue weighted by Gasteiger charge is 2.41. The van der Waals surface area contributed by atoms with Crippen LogP contribution in [0.3, 0.4) is 0 Å². The zero-order valence-electron chi connectivity index (χ0n) is 41.4. The van der Waals surface area contributed by atoms with Gasteiger partial charge < -0.3 is 54.6 Å². The van der Waals surface area contributed by atoms with Crippen LogP contribution in [0.5, 0.6) is 0 Å². The Bertz CT molecular complexity index is 2610. The predicted molar refractivity (Wildman–Crippen MR) is 265 cm³/mol. The van der Waals surface area contributed by atoms with Gasteiger partial charge in [0.1, 0.15) is 23.7 Å². The van der Waals surface area contributed by atoms with E-state index >= 15 is 0 Å². The number of ether oxygens (including phenoxy) is 3. The lowest BCUT2D eigenvalue weighted by molar-refractivity contribution is -0.138. The average Bonchev–Trinajstić information content (AvgIpc) is 4.23. The lowest BCUT2D eigenvalue weighted by Gasteiger charge is -2.34. The minimum absolute atomic E-state index is 0.0134. The van der Waals surface area contributed by atoms with Crippen molar-refractivity contribution in [1.29, 1.82) is 0 Å². The third kappa shape index (κ3) is 10.4. The number of carbonyl (C=O) groups excluding carboxylic acids is 3. The molecular formula is C53H67N9O8. The number of hydrogen-bond acceptors (Lipinski definition) is 10. The molecule has 8 rings (SSSR count). The predicted octanol–water partition coefficient (Wildman–Crippen LogP) is 8.60. The number of anilines is 1. The summed E-state index contributed by atoms with van der Waals surface area (Å²) >= 11 is 0. The SMILES string of the molecule is COC(=O)N[C@@H](C(=O)N1CCC[C@H]1c1ncc(-c2ccc([C@H]3CC[C@H](c4ccc(-c5cnc([C@@H]6CCCN6C(=O)[C@@H](NC(=O)O)[C@H](C)OC)[nH]5)cc4)N3c3ccc(C(C)(C)C)cc3)cc2)[nH]1)C(C)OC. The van der Waals surface area contributed by atoms with Crippen molar-refractivity contribution in [3.8, 4) is 22.5 Å². The number of carboxylic acid groups (broad SMARTS) is 1. The molecule has 0 bridgehead atoms. The number of alkyl carbamates (subject to hydrolysis) is 1. The van der Waals surface area contributed by atoms with Crippen molar-refractivity contribution >= 4 is 29.7 Å². The number of methoxy groups -OCH3 is 3. The van der Waals surface area contributed by atoms with Crippen LogP contribution in [0.4, 0.5) is 15.3 Å². The molecular weight excluding hydrogens is 891 g/mol. The van der Waals surface area contributed by atoms with Crippen LogP contribution in [0.15, 0.2) is 85.2 Å². The van der Waals surface area contributed by atoms with Gasteiger partial charge >= 0.3 is 12.2 Å². The smallest absolute Gasteiger partial charge is 0.407 e. The van der Waals surface area contributed by atoms with Crippen LogP contribution in [-0.2, 0) is 29.2 Å². The number of nitrogens with zero attached hydrogens (tertiary/aromatic N) is 5. The molecule has 0 radical (unpaired) electrons. The number of imidazole rings is 2. The second kappa shape index (κ2) is 21.1. The molecule has 4 amide bonds. The van der Waals surface area contributed by atoms with Crippen LogP contribution >= 0.6 is 0 Å². The highest BCUT2D eigenvalue weighted by Crippen LogP contribution is 2.48. The minimum Gasteiger partial charge on any atom is -0.465 e. The maximum absolute atomic E-state index is 13.8. The number of H-pyrrole nitrogens is 2.